The topological polar surface area (TPSA) is 71.1 Å². The fourth-order valence-electron chi connectivity index (χ4n) is 4.00. The highest BCUT2D eigenvalue weighted by Gasteiger charge is 2.25. The second kappa shape index (κ2) is 11.9. The van der Waals surface area contributed by atoms with Crippen molar-refractivity contribution in [2.45, 2.75) is 13.0 Å². The third kappa shape index (κ3) is 6.60. The summed E-state index contributed by atoms with van der Waals surface area (Å²) in [6, 6.07) is 17.4. The first-order chi connectivity index (χ1) is 17.7. The first-order valence-electron chi connectivity index (χ1n) is 11.7. The molecule has 0 radical (unpaired) electrons. The van der Waals surface area contributed by atoms with Gasteiger partial charge < -0.3 is 24.6 Å². The molecule has 4 rings (SSSR count). The van der Waals surface area contributed by atoms with Crippen LogP contribution >= 0.6 is 34.8 Å². The first-order valence-corrected chi connectivity index (χ1v) is 12.8. The van der Waals surface area contributed by atoms with E-state index in [0.29, 0.717) is 64.0 Å². The number of rotatable bonds is 7. The quantitative estimate of drug-likeness (QED) is 0.381. The second-order valence-corrected chi connectivity index (χ2v) is 9.77. The summed E-state index contributed by atoms with van der Waals surface area (Å²) in [7, 11) is 1.53. The molecule has 1 unspecified atom stereocenters. The average Bonchev–Trinajstić information content (AvgIpc) is 2.90. The highest BCUT2D eigenvalue weighted by atomic mass is 35.5. The molecule has 10 heteroatoms. The SMILES string of the molecule is COc1ccc(Cl)cc1C(=O)N1CCN(c2ccc(NC(=O)C(C)Oc3ccc(Cl)cc3Cl)cc2)CC1. The number of ether oxygens (including phenoxy) is 2. The van der Waals surface area contributed by atoms with Crippen LogP contribution in [0.15, 0.2) is 60.7 Å². The van der Waals surface area contributed by atoms with Gasteiger partial charge >= 0.3 is 0 Å². The van der Waals surface area contributed by atoms with Crippen molar-refractivity contribution in [2.24, 2.45) is 0 Å². The summed E-state index contributed by atoms with van der Waals surface area (Å²) in [5, 5.41) is 4.17. The van der Waals surface area contributed by atoms with Crippen molar-refractivity contribution in [1.29, 1.82) is 0 Å². The monoisotopic (exact) mass is 561 g/mol. The van der Waals surface area contributed by atoms with Crippen LogP contribution in [-0.2, 0) is 4.79 Å². The van der Waals surface area contributed by atoms with Crippen LogP contribution in [0.5, 0.6) is 11.5 Å². The zero-order valence-corrected chi connectivity index (χ0v) is 22.6. The average molecular weight is 563 g/mol. The van der Waals surface area contributed by atoms with E-state index in [1.165, 1.54) is 7.11 Å². The largest absolute Gasteiger partial charge is 0.496 e. The van der Waals surface area contributed by atoms with Gasteiger partial charge in [0, 0.05) is 47.6 Å². The van der Waals surface area contributed by atoms with E-state index in [1.807, 2.05) is 24.3 Å². The minimum Gasteiger partial charge on any atom is -0.496 e. The lowest BCUT2D eigenvalue weighted by Gasteiger charge is -2.36. The number of carbonyl (C=O) groups excluding carboxylic acids is 2. The molecule has 1 atom stereocenters. The Kier molecular flexibility index (Phi) is 8.69. The van der Waals surface area contributed by atoms with E-state index < -0.39 is 6.10 Å². The van der Waals surface area contributed by atoms with Gasteiger partial charge in [-0.25, -0.2) is 0 Å². The van der Waals surface area contributed by atoms with Crippen LogP contribution in [0.1, 0.15) is 17.3 Å². The van der Waals surface area contributed by atoms with E-state index in [9.17, 15) is 9.59 Å². The number of hydrogen-bond donors (Lipinski definition) is 1. The summed E-state index contributed by atoms with van der Waals surface area (Å²) in [6.45, 7) is 4.12. The maximum atomic E-state index is 13.0. The lowest BCUT2D eigenvalue weighted by molar-refractivity contribution is -0.122. The van der Waals surface area contributed by atoms with Gasteiger partial charge in [0.1, 0.15) is 11.5 Å². The number of amides is 2. The summed E-state index contributed by atoms with van der Waals surface area (Å²) in [6.07, 6.45) is -0.762. The third-order valence-electron chi connectivity index (χ3n) is 6.03. The first kappa shape index (κ1) is 26.9. The number of hydrogen-bond acceptors (Lipinski definition) is 5. The lowest BCUT2D eigenvalue weighted by Crippen LogP contribution is -2.48. The summed E-state index contributed by atoms with van der Waals surface area (Å²) >= 11 is 18.1. The van der Waals surface area contributed by atoms with Gasteiger partial charge in [-0.3, -0.25) is 9.59 Å². The van der Waals surface area contributed by atoms with Gasteiger partial charge in [0.25, 0.3) is 11.8 Å². The molecule has 0 bridgehead atoms. The van der Waals surface area contributed by atoms with E-state index in [1.54, 1.807) is 48.2 Å². The molecule has 0 aromatic heterocycles. The summed E-state index contributed by atoms with van der Waals surface area (Å²) < 4.78 is 11.0. The third-order valence-corrected chi connectivity index (χ3v) is 6.79. The van der Waals surface area contributed by atoms with Gasteiger partial charge in [0.15, 0.2) is 6.10 Å². The van der Waals surface area contributed by atoms with Crippen LogP contribution in [0.2, 0.25) is 15.1 Å². The minimum atomic E-state index is -0.762. The van der Waals surface area contributed by atoms with E-state index >= 15 is 0 Å². The summed E-state index contributed by atoms with van der Waals surface area (Å²) in [5.41, 5.74) is 2.11. The van der Waals surface area contributed by atoms with Crippen molar-refractivity contribution >= 4 is 58.0 Å². The van der Waals surface area contributed by atoms with Crippen molar-refractivity contribution in [2.75, 3.05) is 43.5 Å². The number of piperazine rings is 1. The molecule has 7 nitrogen and oxygen atoms in total. The van der Waals surface area contributed by atoms with Crippen LogP contribution in [0.3, 0.4) is 0 Å². The predicted molar refractivity (Wildman–Crippen MR) is 148 cm³/mol. The maximum absolute atomic E-state index is 13.0. The Morgan fingerprint density at radius 2 is 1.49 bits per heavy atom. The van der Waals surface area contributed by atoms with Crippen molar-refractivity contribution in [3.05, 3.63) is 81.3 Å². The van der Waals surface area contributed by atoms with Crippen molar-refractivity contribution in [3.63, 3.8) is 0 Å². The molecule has 1 heterocycles. The number of carbonyl (C=O) groups is 2. The molecule has 1 saturated heterocycles. The molecule has 2 amide bonds. The van der Waals surface area contributed by atoms with Crippen molar-refractivity contribution in [1.82, 2.24) is 4.90 Å². The standard InChI is InChI=1S/C27H26Cl3N3O4/c1-17(37-25-10-4-19(29)16-23(25)30)26(34)31-20-5-7-21(8-6-20)32-11-13-33(14-12-32)27(35)22-15-18(28)3-9-24(22)36-2/h3-10,15-17H,11-14H2,1-2H3,(H,31,34). The maximum Gasteiger partial charge on any atom is 0.265 e. The minimum absolute atomic E-state index is 0.103. The molecule has 194 valence electrons. The Hall–Kier alpha value is -3.13. The summed E-state index contributed by atoms with van der Waals surface area (Å²) in [4.78, 5) is 29.6. The van der Waals surface area contributed by atoms with Gasteiger partial charge in [0.2, 0.25) is 0 Å². The molecule has 0 spiro atoms. The molecular weight excluding hydrogens is 537 g/mol. The Labute approximate surface area is 230 Å². The van der Waals surface area contributed by atoms with Gasteiger partial charge in [0.05, 0.1) is 17.7 Å². The number of nitrogens with one attached hydrogen (secondary N) is 1. The van der Waals surface area contributed by atoms with E-state index in [2.05, 4.69) is 10.2 Å². The zero-order valence-electron chi connectivity index (χ0n) is 20.3. The summed E-state index contributed by atoms with van der Waals surface area (Å²) in [5.74, 6) is 0.483. The van der Waals surface area contributed by atoms with E-state index in [-0.39, 0.29) is 11.8 Å². The molecule has 0 saturated carbocycles. The highest BCUT2D eigenvalue weighted by molar-refractivity contribution is 6.35. The lowest BCUT2D eigenvalue weighted by atomic mass is 10.1. The molecule has 1 aliphatic heterocycles. The fraction of sp³-hybridized carbons (Fsp3) is 0.259. The molecular formula is C27H26Cl3N3O4. The van der Waals surface area contributed by atoms with Crippen LogP contribution in [-0.4, -0.2) is 56.1 Å². The van der Waals surface area contributed by atoms with Gasteiger partial charge in [-0.2, -0.15) is 0 Å². The molecule has 1 aliphatic rings. The second-order valence-electron chi connectivity index (χ2n) is 8.49. The normalized spacial score (nSPS) is 14.2. The smallest absolute Gasteiger partial charge is 0.265 e. The molecule has 1 fully saturated rings. The fourth-order valence-corrected chi connectivity index (χ4v) is 4.62. The molecule has 0 aliphatic carbocycles. The number of halogens is 3. The van der Waals surface area contributed by atoms with Gasteiger partial charge in [-0.15, -0.1) is 0 Å². The number of benzene rings is 3. The van der Waals surface area contributed by atoms with E-state index in [0.717, 1.165) is 5.69 Å². The predicted octanol–water partition coefficient (Wildman–Crippen LogP) is 6.02. The zero-order chi connectivity index (χ0) is 26.5. The number of methoxy groups -OCH3 is 1. The van der Waals surface area contributed by atoms with Gasteiger partial charge in [-0.1, -0.05) is 34.8 Å². The van der Waals surface area contributed by atoms with Crippen LogP contribution < -0.4 is 19.7 Å². The highest BCUT2D eigenvalue weighted by Crippen LogP contribution is 2.29. The Morgan fingerprint density at radius 3 is 2.11 bits per heavy atom. The molecule has 1 N–H and O–H groups in total. The van der Waals surface area contributed by atoms with Crippen LogP contribution in [0.25, 0.3) is 0 Å². The molecule has 37 heavy (non-hydrogen) atoms. The molecule has 3 aromatic rings. The van der Waals surface area contributed by atoms with Crippen LogP contribution in [0.4, 0.5) is 11.4 Å². The Morgan fingerprint density at radius 1 is 0.865 bits per heavy atom. The van der Waals surface area contributed by atoms with Crippen LogP contribution in [0, 0.1) is 0 Å². The Balaban J connectivity index is 1.31. The Bertz CT molecular complexity index is 1280. The van der Waals surface area contributed by atoms with Crippen molar-refractivity contribution in [3.8, 4) is 11.5 Å². The molecule has 3 aromatic carbocycles. The van der Waals surface area contributed by atoms with Gasteiger partial charge in [-0.05, 0) is 67.6 Å². The number of anilines is 2. The number of nitrogens with zero attached hydrogens (tertiary/aromatic N) is 2. The van der Waals surface area contributed by atoms with Crippen molar-refractivity contribution < 1.29 is 19.1 Å². The van der Waals surface area contributed by atoms with E-state index in [4.69, 9.17) is 44.3 Å².